The highest BCUT2D eigenvalue weighted by Crippen LogP contribution is 2.36. The minimum atomic E-state index is -0.240. The van der Waals surface area contributed by atoms with Crippen LogP contribution in [-0.4, -0.2) is 43.9 Å². The van der Waals surface area contributed by atoms with Crippen molar-refractivity contribution in [3.05, 3.63) is 65.4 Å². The Morgan fingerprint density at radius 2 is 1.55 bits per heavy atom. The summed E-state index contributed by atoms with van der Waals surface area (Å²) in [6.07, 6.45) is 3.25. The number of piperidine rings is 1. The molecule has 2 aromatic carbocycles. The zero-order chi connectivity index (χ0) is 20.5. The van der Waals surface area contributed by atoms with Crippen molar-refractivity contribution in [3.8, 4) is 0 Å². The third-order valence-electron chi connectivity index (χ3n) is 5.68. The van der Waals surface area contributed by atoms with Crippen LogP contribution in [0.1, 0.15) is 30.4 Å². The summed E-state index contributed by atoms with van der Waals surface area (Å²) in [5.41, 5.74) is 4.57. The molecule has 1 fully saturated rings. The first-order valence-electron chi connectivity index (χ1n) is 10.2. The average molecular weight is 389 g/mol. The smallest absolute Gasteiger partial charge is 0.282 e. The number of carbonyl (C=O) groups excluding carboxylic acids is 2. The predicted molar refractivity (Wildman–Crippen MR) is 117 cm³/mol. The van der Waals surface area contributed by atoms with Gasteiger partial charge in [-0.3, -0.25) is 9.59 Å². The lowest BCUT2D eigenvalue weighted by molar-refractivity contribution is -0.120. The number of aryl methyl sites for hydroxylation is 1. The molecule has 29 heavy (non-hydrogen) atoms. The van der Waals surface area contributed by atoms with E-state index in [1.54, 1.807) is 0 Å². The molecule has 2 aromatic rings. The lowest BCUT2D eigenvalue weighted by Crippen LogP contribution is -2.37. The Bertz CT molecular complexity index is 970. The number of imide groups is 1. The van der Waals surface area contributed by atoms with Crippen molar-refractivity contribution in [2.45, 2.75) is 26.2 Å². The standard InChI is InChI=1S/C24H27N3O2/c1-17-10-12-18(13-11-17)21-22(26-14-5-4-6-15-26)24(29)27(23(21)28)20-9-7-8-19(16-20)25(2)3/h7-13,16H,4-6,14-15H2,1-3H3. The van der Waals surface area contributed by atoms with Gasteiger partial charge in [0.1, 0.15) is 5.70 Å². The normalized spacial score (nSPS) is 17.3. The van der Waals surface area contributed by atoms with Crippen LogP contribution in [0.5, 0.6) is 0 Å². The maximum atomic E-state index is 13.5. The molecule has 2 amide bonds. The highest BCUT2D eigenvalue weighted by atomic mass is 16.2. The van der Waals surface area contributed by atoms with E-state index in [4.69, 9.17) is 0 Å². The molecule has 150 valence electrons. The van der Waals surface area contributed by atoms with E-state index in [1.165, 1.54) is 11.3 Å². The third kappa shape index (κ3) is 3.53. The Labute approximate surface area is 172 Å². The molecule has 0 atom stereocenters. The Morgan fingerprint density at radius 3 is 2.21 bits per heavy atom. The quantitative estimate of drug-likeness (QED) is 0.746. The fourth-order valence-corrected chi connectivity index (χ4v) is 4.05. The molecule has 5 heteroatoms. The number of hydrogen-bond donors (Lipinski definition) is 0. The van der Waals surface area contributed by atoms with E-state index in [9.17, 15) is 9.59 Å². The first-order valence-corrected chi connectivity index (χ1v) is 10.2. The summed E-state index contributed by atoms with van der Waals surface area (Å²) >= 11 is 0. The van der Waals surface area contributed by atoms with Crippen LogP contribution in [0.15, 0.2) is 54.2 Å². The summed E-state index contributed by atoms with van der Waals surface area (Å²) in [6, 6.07) is 15.4. The monoisotopic (exact) mass is 389 g/mol. The van der Waals surface area contributed by atoms with Crippen molar-refractivity contribution < 1.29 is 9.59 Å². The Balaban J connectivity index is 1.81. The number of anilines is 2. The molecule has 0 aromatic heterocycles. The molecular formula is C24H27N3O2. The van der Waals surface area contributed by atoms with Crippen LogP contribution in [-0.2, 0) is 9.59 Å². The van der Waals surface area contributed by atoms with Gasteiger partial charge in [-0.1, -0.05) is 35.9 Å². The second kappa shape index (κ2) is 7.74. The Hall–Kier alpha value is -3.08. The van der Waals surface area contributed by atoms with Gasteiger partial charge in [0.05, 0.1) is 11.3 Å². The van der Waals surface area contributed by atoms with Crippen molar-refractivity contribution in [2.75, 3.05) is 37.0 Å². The molecule has 0 spiro atoms. The molecular weight excluding hydrogens is 362 g/mol. The van der Waals surface area contributed by atoms with E-state index in [1.807, 2.05) is 74.4 Å². The zero-order valence-corrected chi connectivity index (χ0v) is 17.3. The molecule has 0 bridgehead atoms. The molecule has 4 rings (SSSR count). The molecule has 0 aliphatic carbocycles. The van der Waals surface area contributed by atoms with E-state index in [2.05, 4.69) is 4.90 Å². The van der Waals surface area contributed by atoms with Crippen LogP contribution >= 0.6 is 0 Å². The van der Waals surface area contributed by atoms with Crippen molar-refractivity contribution in [2.24, 2.45) is 0 Å². The first kappa shape index (κ1) is 19.2. The van der Waals surface area contributed by atoms with E-state index < -0.39 is 0 Å². The van der Waals surface area contributed by atoms with Crippen LogP contribution in [0.25, 0.3) is 5.57 Å². The number of rotatable bonds is 4. The summed E-state index contributed by atoms with van der Waals surface area (Å²) in [5, 5.41) is 0. The lowest BCUT2D eigenvalue weighted by atomic mass is 10.0. The number of likely N-dealkylation sites (tertiary alicyclic amines) is 1. The second-order valence-electron chi connectivity index (χ2n) is 8.00. The SMILES string of the molecule is Cc1ccc(C2=C(N3CCCCC3)C(=O)N(c3cccc(N(C)C)c3)C2=O)cc1. The van der Waals surface area contributed by atoms with Crippen LogP contribution < -0.4 is 9.80 Å². The van der Waals surface area contributed by atoms with Gasteiger partial charge in [-0.2, -0.15) is 0 Å². The van der Waals surface area contributed by atoms with E-state index in [0.717, 1.165) is 42.7 Å². The number of nitrogens with zero attached hydrogens (tertiary/aromatic N) is 3. The van der Waals surface area contributed by atoms with Crippen LogP contribution in [0, 0.1) is 6.92 Å². The zero-order valence-electron chi connectivity index (χ0n) is 17.3. The minimum absolute atomic E-state index is 0.219. The molecule has 0 saturated carbocycles. The molecule has 0 N–H and O–H groups in total. The number of amides is 2. The highest BCUT2D eigenvalue weighted by molar-refractivity contribution is 6.45. The van der Waals surface area contributed by atoms with Gasteiger partial charge in [0.2, 0.25) is 0 Å². The number of hydrogen-bond acceptors (Lipinski definition) is 4. The van der Waals surface area contributed by atoms with E-state index >= 15 is 0 Å². The summed E-state index contributed by atoms with van der Waals surface area (Å²) in [5.74, 6) is -0.460. The van der Waals surface area contributed by atoms with Gasteiger partial charge < -0.3 is 9.80 Å². The van der Waals surface area contributed by atoms with Gasteiger partial charge >= 0.3 is 0 Å². The fraction of sp³-hybridized carbons (Fsp3) is 0.333. The molecule has 5 nitrogen and oxygen atoms in total. The Kier molecular flexibility index (Phi) is 5.14. The van der Waals surface area contributed by atoms with Crippen molar-refractivity contribution in [3.63, 3.8) is 0 Å². The maximum absolute atomic E-state index is 13.5. The minimum Gasteiger partial charge on any atom is -0.378 e. The van der Waals surface area contributed by atoms with E-state index in [-0.39, 0.29) is 11.8 Å². The fourth-order valence-electron chi connectivity index (χ4n) is 4.05. The van der Waals surface area contributed by atoms with Gasteiger partial charge in [0.15, 0.2) is 0 Å². The molecule has 1 saturated heterocycles. The molecule has 0 radical (unpaired) electrons. The van der Waals surface area contributed by atoms with Crippen LogP contribution in [0.3, 0.4) is 0 Å². The number of benzene rings is 2. The molecule has 2 heterocycles. The number of carbonyl (C=O) groups is 2. The van der Waals surface area contributed by atoms with Crippen LogP contribution in [0.4, 0.5) is 11.4 Å². The molecule has 2 aliphatic heterocycles. The molecule has 0 unspecified atom stereocenters. The molecule has 2 aliphatic rings. The summed E-state index contributed by atoms with van der Waals surface area (Å²) in [4.78, 5) is 32.5. The second-order valence-corrected chi connectivity index (χ2v) is 8.00. The topological polar surface area (TPSA) is 43.9 Å². The van der Waals surface area contributed by atoms with E-state index in [0.29, 0.717) is 17.0 Å². The van der Waals surface area contributed by atoms with Gasteiger partial charge in [-0.15, -0.1) is 0 Å². The summed E-state index contributed by atoms with van der Waals surface area (Å²) in [6.45, 7) is 3.65. The van der Waals surface area contributed by atoms with Gasteiger partial charge in [-0.05, 0) is 49.9 Å². The van der Waals surface area contributed by atoms with Crippen molar-refractivity contribution >= 4 is 28.8 Å². The van der Waals surface area contributed by atoms with Gasteiger partial charge in [0.25, 0.3) is 11.8 Å². The maximum Gasteiger partial charge on any atom is 0.282 e. The van der Waals surface area contributed by atoms with Gasteiger partial charge in [-0.25, -0.2) is 4.90 Å². The highest BCUT2D eigenvalue weighted by Gasteiger charge is 2.42. The van der Waals surface area contributed by atoms with Gasteiger partial charge in [0, 0.05) is 32.9 Å². The third-order valence-corrected chi connectivity index (χ3v) is 5.68. The van der Waals surface area contributed by atoms with Crippen molar-refractivity contribution in [1.82, 2.24) is 4.90 Å². The summed E-state index contributed by atoms with van der Waals surface area (Å²) < 4.78 is 0. The lowest BCUT2D eigenvalue weighted by Gasteiger charge is -2.29. The Morgan fingerprint density at radius 1 is 0.862 bits per heavy atom. The largest absolute Gasteiger partial charge is 0.378 e. The summed E-state index contributed by atoms with van der Waals surface area (Å²) in [7, 11) is 3.89. The first-order chi connectivity index (χ1) is 14.0. The van der Waals surface area contributed by atoms with Crippen LogP contribution in [0.2, 0.25) is 0 Å². The average Bonchev–Trinajstić information content (AvgIpc) is 2.99. The predicted octanol–water partition coefficient (Wildman–Crippen LogP) is 3.83. The van der Waals surface area contributed by atoms with Crippen molar-refractivity contribution in [1.29, 1.82) is 0 Å².